The summed E-state index contributed by atoms with van der Waals surface area (Å²) in [6.45, 7) is 4.23. The molecule has 0 bridgehead atoms. The zero-order chi connectivity index (χ0) is 30.6. The van der Waals surface area contributed by atoms with Crippen LogP contribution in [0.2, 0.25) is 0 Å². The number of halogens is 1. The number of aromatic nitrogens is 5. The molecule has 3 N–H and O–H groups in total. The number of rotatable bonds is 8. The fourth-order valence-electron chi connectivity index (χ4n) is 6.09. The van der Waals surface area contributed by atoms with Gasteiger partial charge in [0.15, 0.2) is 5.78 Å². The number of nitrogens with zero attached hydrogens (tertiary/aromatic N) is 6. The van der Waals surface area contributed by atoms with Crippen molar-refractivity contribution >= 4 is 50.2 Å². The third-order valence-electron chi connectivity index (χ3n) is 8.45. The molecule has 2 fully saturated rings. The second kappa shape index (κ2) is 10.9. The van der Waals surface area contributed by atoms with Gasteiger partial charge in [-0.2, -0.15) is 5.10 Å². The van der Waals surface area contributed by atoms with E-state index < -0.39 is 17.4 Å². The maximum atomic E-state index is 14.0. The molecular formula is C30H30BrN7O5. The van der Waals surface area contributed by atoms with Gasteiger partial charge in [-0.05, 0) is 71.9 Å². The highest BCUT2D eigenvalue weighted by atomic mass is 79.9. The fourth-order valence-corrected chi connectivity index (χ4v) is 6.40. The summed E-state index contributed by atoms with van der Waals surface area (Å²) in [5.74, 6) is -0.0685. The van der Waals surface area contributed by atoms with Gasteiger partial charge in [0.1, 0.15) is 34.5 Å². The topological polar surface area (TPSA) is 163 Å². The number of ketones is 1. The number of piperidine rings is 1. The first-order valence-electron chi connectivity index (χ1n) is 13.9. The number of carbonyl (C=O) groups is 3. The van der Waals surface area contributed by atoms with E-state index in [1.165, 1.54) is 16.5 Å². The molecule has 2 aliphatic rings. The predicted octanol–water partition coefficient (Wildman–Crippen LogP) is 2.95. The molecule has 1 saturated heterocycles. The monoisotopic (exact) mass is 647 g/mol. The summed E-state index contributed by atoms with van der Waals surface area (Å²) in [6.07, 6.45) is 4.24. The maximum Gasteiger partial charge on any atom is 0.248 e. The minimum atomic E-state index is -0.821. The van der Waals surface area contributed by atoms with Crippen LogP contribution in [0.1, 0.15) is 47.2 Å². The van der Waals surface area contributed by atoms with Gasteiger partial charge in [0.05, 0.1) is 18.7 Å². The molecule has 222 valence electrons. The van der Waals surface area contributed by atoms with E-state index in [-0.39, 0.29) is 43.2 Å². The third kappa shape index (κ3) is 5.11. The van der Waals surface area contributed by atoms with Crippen molar-refractivity contribution in [1.82, 2.24) is 29.6 Å². The van der Waals surface area contributed by atoms with Crippen LogP contribution in [0, 0.1) is 19.3 Å². The molecule has 0 radical (unpaired) electrons. The smallest absolute Gasteiger partial charge is 0.248 e. The number of nitrogens with one attached hydrogen (secondary N) is 1. The summed E-state index contributed by atoms with van der Waals surface area (Å²) >= 11 is 3.32. The van der Waals surface area contributed by atoms with Crippen molar-refractivity contribution in [2.75, 3.05) is 11.9 Å². The number of carbonyl (C=O) groups excluding carboxylic acids is 3. The number of pyridine rings is 1. The van der Waals surface area contributed by atoms with E-state index in [0.717, 1.165) is 5.56 Å². The Morgan fingerprint density at radius 2 is 1.84 bits per heavy atom. The zero-order valence-electron chi connectivity index (χ0n) is 23.8. The van der Waals surface area contributed by atoms with Crippen LogP contribution in [-0.4, -0.2) is 76.1 Å². The first-order valence-corrected chi connectivity index (χ1v) is 14.6. The Balaban J connectivity index is 1.35. The lowest BCUT2D eigenvalue weighted by molar-refractivity contribution is -0.138. The number of likely N-dealkylation sites (tertiary alicyclic amines) is 1. The lowest BCUT2D eigenvalue weighted by Gasteiger charge is -2.27. The quantitative estimate of drug-likeness (QED) is 0.193. The van der Waals surface area contributed by atoms with Crippen molar-refractivity contribution in [3.63, 3.8) is 0 Å². The summed E-state index contributed by atoms with van der Waals surface area (Å²) in [4.78, 5) is 54.5. The van der Waals surface area contributed by atoms with Crippen LogP contribution in [-0.2, 0) is 22.7 Å². The largest absolute Gasteiger partial charge is 0.396 e. The SMILES string of the molecule is CC(=O)c1nn(CC(=O)N2[C@H](C(=O)Nc3nc(Br)ccc3C)C[C@@]3(CO)C[C@@H]23)c2c(CO)cc(-c3cnc(C)nc3)cc12. The number of aliphatic hydroxyl groups excluding tert-OH is 2. The van der Waals surface area contributed by atoms with Crippen molar-refractivity contribution in [1.29, 1.82) is 0 Å². The first kappa shape index (κ1) is 29.0. The van der Waals surface area contributed by atoms with Crippen molar-refractivity contribution in [2.45, 2.75) is 58.8 Å². The van der Waals surface area contributed by atoms with E-state index in [9.17, 15) is 24.6 Å². The molecular weight excluding hydrogens is 618 g/mol. The highest BCUT2D eigenvalue weighted by Gasteiger charge is 2.66. The molecule has 1 aromatic carbocycles. The van der Waals surface area contributed by atoms with Gasteiger partial charge in [-0.3, -0.25) is 19.1 Å². The summed E-state index contributed by atoms with van der Waals surface area (Å²) in [6, 6.07) is 6.02. The number of amides is 2. The normalized spacial score (nSPS) is 20.7. The zero-order valence-corrected chi connectivity index (χ0v) is 25.4. The van der Waals surface area contributed by atoms with Crippen LogP contribution < -0.4 is 5.32 Å². The van der Waals surface area contributed by atoms with Gasteiger partial charge < -0.3 is 20.4 Å². The molecule has 0 unspecified atom stereocenters. The van der Waals surface area contributed by atoms with Gasteiger partial charge in [0.25, 0.3) is 0 Å². The Labute approximate surface area is 255 Å². The standard InChI is InChI=1S/C30H30BrN7O5/c1-15-4-5-24(31)34-28(15)35-29(43)22-8-30(14-40)9-23(30)38(22)25(42)12-37-27-19(13-39)6-18(20-10-32-17(3)33-11-20)7-21(27)26(36-37)16(2)41/h4-7,10-11,22-23,39-40H,8-9,12-14H2,1-3H3,(H,34,35,43)/t22-,23+,30-/m0/s1. The highest BCUT2D eigenvalue weighted by molar-refractivity contribution is 9.10. The van der Waals surface area contributed by atoms with E-state index in [1.54, 1.807) is 37.5 Å². The molecule has 1 saturated carbocycles. The molecule has 3 aromatic heterocycles. The summed E-state index contributed by atoms with van der Waals surface area (Å²) in [5.41, 5.74) is 2.73. The van der Waals surface area contributed by atoms with E-state index in [2.05, 4.69) is 41.3 Å². The Kier molecular flexibility index (Phi) is 7.35. The fraction of sp³-hybridized carbons (Fsp3) is 0.367. The number of aliphatic hydroxyl groups is 2. The first-order chi connectivity index (χ1) is 20.5. The maximum absolute atomic E-state index is 14.0. The molecule has 13 heteroatoms. The molecule has 0 spiro atoms. The second-order valence-corrected chi connectivity index (χ2v) is 12.1. The van der Waals surface area contributed by atoms with Crippen molar-refractivity contribution in [3.05, 3.63) is 63.9 Å². The van der Waals surface area contributed by atoms with Crippen LogP contribution in [0.4, 0.5) is 5.82 Å². The number of benzene rings is 1. The van der Waals surface area contributed by atoms with Crippen LogP contribution >= 0.6 is 15.9 Å². The van der Waals surface area contributed by atoms with Gasteiger partial charge in [-0.15, -0.1) is 0 Å². The van der Waals surface area contributed by atoms with Crippen molar-refractivity contribution in [3.8, 4) is 11.1 Å². The van der Waals surface area contributed by atoms with Gasteiger partial charge in [-0.25, -0.2) is 15.0 Å². The number of anilines is 1. The van der Waals surface area contributed by atoms with E-state index in [4.69, 9.17) is 0 Å². The van der Waals surface area contributed by atoms with Gasteiger partial charge in [0, 0.05) is 47.3 Å². The second-order valence-electron chi connectivity index (χ2n) is 11.3. The van der Waals surface area contributed by atoms with Crippen LogP contribution in [0.5, 0.6) is 0 Å². The van der Waals surface area contributed by atoms with Gasteiger partial charge in [-0.1, -0.05) is 6.07 Å². The summed E-state index contributed by atoms with van der Waals surface area (Å²) in [7, 11) is 0. The highest BCUT2D eigenvalue weighted by Crippen LogP contribution is 2.59. The molecule has 1 aliphatic carbocycles. The van der Waals surface area contributed by atoms with E-state index in [0.29, 0.717) is 56.7 Å². The minimum Gasteiger partial charge on any atom is -0.396 e. The number of hydrogen-bond acceptors (Lipinski definition) is 9. The number of hydrogen-bond donors (Lipinski definition) is 3. The molecule has 4 heterocycles. The molecule has 12 nitrogen and oxygen atoms in total. The van der Waals surface area contributed by atoms with Crippen LogP contribution in [0.15, 0.2) is 41.3 Å². The summed E-state index contributed by atoms with van der Waals surface area (Å²) < 4.78 is 1.98. The van der Waals surface area contributed by atoms with Crippen LogP contribution in [0.3, 0.4) is 0 Å². The minimum absolute atomic E-state index is 0.140. The van der Waals surface area contributed by atoms with Gasteiger partial charge >= 0.3 is 0 Å². The van der Waals surface area contributed by atoms with Crippen LogP contribution in [0.25, 0.3) is 22.0 Å². The molecule has 1 aliphatic heterocycles. The number of Topliss-reactive ketones (excluding diaryl/α,β-unsaturated/α-hetero) is 1. The Hall–Kier alpha value is -4.07. The Bertz CT molecular complexity index is 1790. The lowest BCUT2D eigenvalue weighted by atomic mass is 10.00. The van der Waals surface area contributed by atoms with Crippen molar-refractivity contribution < 1.29 is 24.6 Å². The summed E-state index contributed by atoms with van der Waals surface area (Å²) in [5, 5.41) is 28.3. The molecule has 43 heavy (non-hydrogen) atoms. The molecule has 2 amide bonds. The molecule has 6 rings (SSSR count). The average molecular weight is 649 g/mol. The van der Waals surface area contributed by atoms with Gasteiger partial charge in [0.2, 0.25) is 11.8 Å². The molecule has 3 atom stereocenters. The molecule has 4 aromatic rings. The predicted molar refractivity (Wildman–Crippen MR) is 160 cm³/mol. The van der Waals surface area contributed by atoms with E-state index >= 15 is 0 Å². The average Bonchev–Trinajstić information content (AvgIpc) is 3.41. The number of aryl methyl sites for hydroxylation is 2. The van der Waals surface area contributed by atoms with Crippen molar-refractivity contribution in [2.24, 2.45) is 5.41 Å². The Morgan fingerprint density at radius 1 is 1.09 bits per heavy atom. The Morgan fingerprint density at radius 3 is 2.51 bits per heavy atom. The lowest BCUT2D eigenvalue weighted by Crippen LogP contribution is -2.47. The number of fused-ring (bicyclic) bond motifs is 2. The van der Waals surface area contributed by atoms with E-state index in [1.807, 2.05) is 13.0 Å². The third-order valence-corrected chi connectivity index (χ3v) is 8.90.